The van der Waals surface area contributed by atoms with Crippen LogP contribution >= 0.6 is 11.3 Å². The van der Waals surface area contributed by atoms with Gasteiger partial charge in [0.25, 0.3) is 0 Å². The zero-order valence-electron chi connectivity index (χ0n) is 11.3. The summed E-state index contributed by atoms with van der Waals surface area (Å²) in [6, 6.07) is 6.14. The number of benzene rings is 1. The van der Waals surface area contributed by atoms with E-state index in [2.05, 4.69) is 16.4 Å². The molecule has 0 radical (unpaired) electrons. The van der Waals surface area contributed by atoms with Crippen molar-refractivity contribution in [3.63, 3.8) is 0 Å². The Bertz CT molecular complexity index is 619. The van der Waals surface area contributed by atoms with Crippen molar-refractivity contribution in [3.05, 3.63) is 29.3 Å². The molecule has 0 bridgehead atoms. The molecule has 2 aromatic rings. The number of aromatic nitrogens is 1. The number of thiazole rings is 1. The number of nitrogen functional groups attached to an aromatic ring is 1. The Morgan fingerprint density at radius 1 is 1.42 bits per heavy atom. The number of amides is 1. The molecule has 5 heteroatoms. The van der Waals surface area contributed by atoms with E-state index in [9.17, 15) is 4.79 Å². The summed E-state index contributed by atoms with van der Waals surface area (Å²) in [5, 5.41) is 3.92. The molecule has 100 valence electrons. The van der Waals surface area contributed by atoms with Gasteiger partial charge in [-0.05, 0) is 19.4 Å². The van der Waals surface area contributed by atoms with Crippen LogP contribution in [0.15, 0.2) is 18.2 Å². The number of anilines is 2. The molecule has 4 nitrogen and oxygen atoms in total. The number of carbonyl (C=O) groups excluding carboxylic acids is 1. The van der Waals surface area contributed by atoms with Crippen LogP contribution in [0.4, 0.5) is 10.1 Å². The molecule has 3 N–H and O–H groups in total. The second-order valence-electron chi connectivity index (χ2n) is 4.45. The van der Waals surface area contributed by atoms with Crippen molar-refractivity contribution in [1.29, 1.82) is 0 Å². The number of hydrogen-bond acceptors (Lipinski definition) is 4. The van der Waals surface area contributed by atoms with E-state index in [4.69, 9.17) is 5.73 Å². The Morgan fingerprint density at radius 3 is 2.79 bits per heavy atom. The minimum atomic E-state index is -0.0547. The summed E-state index contributed by atoms with van der Waals surface area (Å²) in [7, 11) is 0. The minimum Gasteiger partial charge on any atom is -0.389 e. The Kier molecular flexibility index (Phi) is 3.85. The first-order chi connectivity index (χ1) is 9.01. The van der Waals surface area contributed by atoms with Gasteiger partial charge in [-0.3, -0.25) is 4.79 Å². The maximum Gasteiger partial charge on any atom is 0.225 e. The van der Waals surface area contributed by atoms with Crippen molar-refractivity contribution in [2.75, 3.05) is 11.1 Å². The predicted molar refractivity (Wildman–Crippen MR) is 80.4 cm³/mol. The highest BCUT2D eigenvalue weighted by Gasteiger charge is 2.13. The standard InChI is InChI=1S/C14H17N3OS/c1-4-11(18)16-14-17-12(13(15)19-14)10-6-5-8(2)7-9(10)3/h5-7H,4,15H2,1-3H3,(H,16,17,18). The van der Waals surface area contributed by atoms with E-state index in [0.717, 1.165) is 16.8 Å². The lowest BCUT2D eigenvalue weighted by molar-refractivity contribution is -0.115. The summed E-state index contributed by atoms with van der Waals surface area (Å²) in [5.41, 5.74) is 10.1. The fourth-order valence-corrected chi connectivity index (χ4v) is 2.63. The van der Waals surface area contributed by atoms with Crippen LogP contribution in [0.5, 0.6) is 0 Å². The molecule has 0 atom stereocenters. The van der Waals surface area contributed by atoms with Crippen LogP contribution in [-0.2, 0) is 4.79 Å². The maximum absolute atomic E-state index is 11.4. The first-order valence-electron chi connectivity index (χ1n) is 6.15. The quantitative estimate of drug-likeness (QED) is 0.902. The fraction of sp³-hybridized carbons (Fsp3) is 0.286. The van der Waals surface area contributed by atoms with Crippen LogP contribution in [0.2, 0.25) is 0 Å². The van der Waals surface area contributed by atoms with Gasteiger partial charge in [-0.25, -0.2) is 4.98 Å². The van der Waals surface area contributed by atoms with Gasteiger partial charge in [0.2, 0.25) is 5.91 Å². The summed E-state index contributed by atoms with van der Waals surface area (Å²) in [4.78, 5) is 15.8. The van der Waals surface area contributed by atoms with Gasteiger partial charge in [0.15, 0.2) is 5.13 Å². The summed E-state index contributed by atoms with van der Waals surface area (Å²) >= 11 is 1.30. The Morgan fingerprint density at radius 2 is 2.16 bits per heavy atom. The van der Waals surface area contributed by atoms with Crippen molar-refractivity contribution in [2.24, 2.45) is 0 Å². The first-order valence-corrected chi connectivity index (χ1v) is 6.96. The highest BCUT2D eigenvalue weighted by atomic mass is 32.1. The lowest BCUT2D eigenvalue weighted by Crippen LogP contribution is -2.08. The number of nitrogens with one attached hydrogen (secondary N) is 1. The number of aryl methyl sites for hydroxylation is 2. The molecule has 0 aliphatic heterocycles. The van der Waals surface area contributed by atoms with E-state index < -0.39 is 0 Å². The summed E-state index contributed by atoms with van der Waals surface area (Å²) in [6.07, 6.45) is 0.429. The second kappa shape index (κ2) is 5.40. The van der Waals surface area contributed by atoms with Crippen molar-refractivity contribution in [2.45, 2.75) is 27.2 Å². The molecule has 1 heterocycles. The van der Waals surface area contributed by atoms with Crippen molar-refractivity contribution >= 4 is 27.4 Å². The van der Waals surface area contributed by atoms with Crippen molar-refractivity contribution in [1.82, 2.24) is 4.98 Å². The van der Waals surface area contributed by atoms with E-state index in [-0.39, 0.29) is 5.91 Å². The molecule has 0 aliphatic rings. The minimum absolute atomic E-state index is 0.0547. The van der Waals surface area contributed by atoms with Crippen LogP contribution in [0.1, 0.15) is 24.5 Å². The van der Waals surface area contributed by atoms with Gasteiger partial charge in [-0.1, -0.05) is 42.0 Å². The Labute approximate surface area is 116 Å². The molecule has 0 unspecified atom stereocenters. The molecule has 0 fully saturated rings. The molecular weight excluding hydrogens is 258 g/mol. The van der Waals surface area contributed by atoms with Crippen LogP contribution < -0.4 is 11.1 Å². The summed E-state index contributed by atoms with van der Waals surface area (Å²) in [6.45, 7) is 5.89. The van der Waals surface area contributed by atoms with Crippen LogP contribution in [0, 0.1) is 13.8 Å². The monoisotopic (exact) mass is 275 g/mol. The molecule has 1 aromatic carbocycles. The SMILES string of the molecule is CCC(=O)Nc1nc(-c2ccc(C)cc2C)c(N)s1. The second-order valence-corrected chi connectivity index (χ2v) is 5.48. The number of hydrogen-bond donors (Lipinski definition) is 2. The average Bonchev–Trinajstić information content (AvgIpc) is 2.70. The predicted octanol–water partition coefficient (Wildman–Crippen LogP) is 3.36. The topological polar surface area (TPSA) is 68.0 Å². The molecule has 0 saturated carbocycles. The van der Waals surface area contributed by atoms with E-state index >= 15 is 0 Å². The maximum atomic E-state index is 11.4. The number of carbonyl (C=O) groups is 1. The third kappa shape index (κ3) is 2.93. The molecule has 0 aliphatic carbocycles. The van der Waals surface area contributed by atoms with Gasteiger partial charge in [0.1, 0.15) is 10.7 Å². The van der Waals surface area contributed by atoms with Gasteiger partial charge in [0, 0.05) is 12.0 Å². The number of nitrogens with zero attached hydrogens (tertiary/aromatic N) is 1. The summed E-state index contributed by atoms with van der Waals surface area (Å²) < 4.78 is 0. The van der Waals surface area contributed by atoms with Gasteiger partial charge in [-0.15, -0.1) is 0 Å². The molecule has 0 spiro atoms. The molecule has 19 heavy (non-hydrogen) atoms. The lowest BCUT2D eigenvalue weighted by Gasteiger charge is -2.04. The van der Waals surface area contributed by atoms with Gasteiger partial charge >= 0.3 is 0 Å². The van der Waals surface area contributed by atoms with Gasteiger partial charge in [0.05, 0.1) is 0 Å². The lowest BCUT2D eigenvalue weighted by atomic mass is 10.0. The van der Waals surface area contributed by atoms with Crippen LogP contribution in [-0.4, -0.2) is 10.9 Å². The van der Waals surface area contributed by atoms with Crippen LogP contribution in [0.3, 0.4) is 0 Å². The molecule has 1 aromatic heterocycles. The molecule has 0 saturated heterocycles. The number of nitrogens with two attached hydrogens (primary N) is 1. The zero-order valence-corrected chi connectivity index (χ0v) is 12.1. The van der Waals surface area contributed by atoms with Crippen LogP contribution in [0.25, 0.3) is 11.3 Å². The van der Waals surface area contributed by atoms with Gasteiger partial charge in [-0.2, -0.15) is 0 Å². The fourth-order valence-electron chi connectivity index (χ4n) is 1.87. The van der Waals surface area contributed by atoms with Crippen molar-refractivity contribution < 1.29 is 4.79 Å². The Hall–Kier alpha value is -1.88. The third-order valence-electron chi connectivity index (χ3n) is 2.86. The van der Waals surface area contributed by atoms with E-state index in [1.165, 1.54) is 16.9 Å². The van der Waals surface area contributed by atoms with Crippen molar-refractivity contribution in [3.8, 4) is 11.3 Å². The molecule has 1 amide bonds. The molecule has 2 rings (SSSR count). The third-order valence-corrected chi connectivity index (χ3v) is 3.66. The number of rotatable bonds is 3. The average molecular weight is 275 g/mol. The summed E-state index contributed by atoms with van der Waals surface area (Å²) in [5.74, 6) is -0.0547. The van der Waals surface area contributed by atoms with E-state index in [1.807, 2.05) is 26.0 Å². The Balaban J connectivity index is 2.37. The molecular formula is C14H17N3OS. The largest absolute Gasteiger partial charge is 0.389 e. The van der Waals surface area contributed by atoms with E-state index in [1.54, 1.807) is 6.92 Å². The van der Waals surface area contributed by atoms with E-state index in [0.29, 0.717) is 16.6 Å². The zero-order chi connectivity index (χ0) is 14.0. The highest BCUT2D eigenvalue weighted by molar-refractivity contribution is 7.20. The smallest absolute Gasteiger partial charge is 0.225 e. The first kappa shape index (κ1) is 13.5. The van der Waals surface area contributed by atoms with Gasteiger partial charge < -0.3 is 11.1 Å². The highest BCUT2D eigenvalue weighted by Crippen LogP contribution is 2.35. The normalized spacial score (nSPS) is 10.5.